The highest BCUT2D eigenvalue weighted by Gasteiger charge is 2.38. The number of aromatic nitrogens is 7. The number of para-hydroxylation sites is 1. The van der Waals surface area contributed by atoms with E-state index in [0.29, 0.717) is 24.5 Å². The average molecular weight is 442 g/mol. The van der Waals surface area contributed by atoms with Crippen LogP contribution in [-0.4, -0.2) is 52.5 Å². The molecule has 0 aliphatic carbocycles. The molecule has 4 aromatic heterocycles. The molecule has 0 saturated carbocycles. The Morgan fingerprint density at radius 3 is 2.94 bits per heavy atom. The van der Waals surface area contributed by atoms with E-state index < -0.39 is 17.8 Å². The van der Waals surface area contributed by atoms with Crippen molar-refractivity contribution in [1.29, 1.82) is 0 Å². The zero-order valence-electron chi connectivity index (χ0n) is 17.0. The number of amides is 1. The first kappa shape index (κ1) is 19.2. The van der Waals surface area contributed by atoms with E-state index in [1.807, 2.05) is 24.3 Å². The maximum absolute atomic E-state index is 14.1. The molecular weight excluding hydrogens is 427 g/mol. The molecule has 1 amide bonds. The largest absolute Gasteiger partial charge is 0.411 e. The Morgan fingerprint density at radius 1 is 1.12 bits per heavy atom. The van der Waals surface area contributed by atoms with Gasteiger partial charge in [0.15, 0.2) is 17.3 Å². The summed E-state index contributed by atoms with van der Waals surface area (Å²) in [7, 11) is 0. The van der Waals surface area contributed by atoms with Gasteiger partial charge in [-0.2, -0.15) is 0 Å². The van der Waals surface area contributed by atoms with Gasteiger partial charge < -0.3 is 14.3 Å². The van der Waals surface area contributed by atoms with Crippen LogP contribution in [0.2, 0.25) is 0 Å². The Morgan fingerprint density at radius 2 is 2.03 bits per heavy atom. The standard InChI is InChI=1S/C22H15FN8O2/c23-13-5-3-8-24-16(13)20-29-30-21(33-20)22(32)31-9-7-15-17(27-11-26-15)18(31)19-25-10-12-4-1-2-6-14(12)28-19/h1-6,8,10-11,18H,7,9H2,(H,26,27)/t18-/m1/s1. The summed E-state index contributed by atoms with van der Waals surface area (Å²) in [6.07, 6.45) is 5.26. The quantitative estimate of drug-likeness (QED) is 0.452. The number of fused-ring (bicyclic) bond motifs is 2. The molecule has 0 fully saturated rings. The Hall–Kier alpha value is -4.54. The van der Waals surface area contributed by atoms with E-state index in [-0.39, 0.29) is 17.5 Å². The molecule has 0 spiro atoms. The molecule has 0 bridgehead atoms. The van der Waals surface area contributed by atoms with Crippen molar-refractivity contribution < 1.29 is 13.6 Å². The van der Waals surface area contributed by atoms with Crippen LogP contribution in [0.4, 0.5) is 4.39 Å². The monoisotopic (exact) mass is 442 g/mol. The topological polar surface area (TPSA) is 127 Å². The van der Waals surface area contributed by atoms with Gasteiger partial charge in [0.1, 0.15) is 6.04 Å². The first-order chi connectivity index (χ1) is 16.2. The van der Waals surface area contributed by atoms with Gasteiger partial charge in [-0.05, 0) is 18.2 Å². The van der Waals surface area contributed by atoms with E-state index in [9.17, 15) is 9.18 Å². The van der Waals surface area contributed by atoms with Crippen LogP contribution in [-0.2, 0) is 6.42 Å². The van der Waals surface area contributed by atoms with Gasteiger partial charge in [0, 0.05) is 36.4 Å². The lowest BCUT2D eigenvalue weighted by molar-refractivity contribution is 0.0643. The summed E-state index contributed by atoms with van der Waals surface area (Å²) >= 11 is 0. The zero-order chi connectivity index (χ0) is 22.4. The maximum atomic E-state index is 14.1. The maximum Gasteiger partial charge on any atom is 0.312 e. The molecule has 10 nitrogen and oxygen atoms in total. The van der Waals surface area contributed by atoms with E-state index in [1.54, 1.807) is 17.4 Å². The molecule has 0 saturated heterocycles. The van der Waals surface area contributed by atoms with Crippen molar-refractivity contribution in [2.75, 3.05) is 6.54 Å². The number of hydrogen-bond donors (Lipinski definition) is 1. The highest BCUT2D eigenvalue weighted by atomic mass is 19.1. The predicted molar refractivity (Wildman–Crippen MR) is 112 cm³/mol. The summed E-state index contributed by atoms with van der Waals surface area (Å²) in [6, 6.07) is 9.62. The summed E-state index contributed by atoms with van der Waals surface area (Å²) < 4.78 is 19.6. The second-order valence-corrected chi connectivity index (χ2v) is 7.45. The molecule has 1 aliphatic rings. The number of imidazole rings is 1. The summed E-state index contributed by atoms with van der Waals surface area (Å²) in [4.78, 5) is 35.6. The van der Waals surface area contributed by atoms with E-state index in [1.165, 1.54) is 18.3 Å². The molecule has 5 aromatic rings. The summed E-state index contributed by atoms with van der Waals surface area (Å²) in [5.74, 6) is -1.18. The van der Waals surface area contributed by atoms with Gasteiger partial charge in [-0.3, -0.25) is 4.79 Å². The first-order valence-electron chi connectivity index (χ1n) is 10.2. The first-order valence-corrected chi connectivity index (χ1v) is 10.2. The van der Waals surface area contributed by atoms with Crippen LogP contribution in [0.3, 0.4) is 0 Å². The Kier molecular flexibility index (Phi) is 4.39. The highest BCUT2D eigenvalue weighted by Crippen LogP contribution is 2.33. The SMILES string of the molecule is O=C(c1nnc(-c2ncccc2F)o1)N1CCc2[nH]cnc2[C@@H]1c1ncc2ccccc2n1. The van der Waals surface area contributed by atoms with Crippen LogP contribution >= 0.6 is 0 Å². The Bertz CT molecular complexity index is 1500. The smallest absolute Gasteiger partial charge is 0.312 e. The molecular formula is C22H15FN8O2. The van der Waals surface area contributed by atoms with Crippen LogP contribution in [0, 0.1) is 5.82 Å². The fraction of sp³-hybridized carbons (Fsp3) is 0.136. The molecule has 33 heavy (non-hydrogen) atoms. The number of benzene rings is 1. The summed E-state index contributed by atoms with van der Waals surface area (Å²) in [6.45, 7) is 0.352. The van der Waals surface area contributed by atoms with Crippen molar-refractivity contribution >= 4 is 16.8 Å². The van der Waals surface area contributed by atoms with Crippen LogP contribution in [0.25, 0.3) is 22.5 Å². The van der Waals surface area contributed by atoms with E-state index >= 15 is 0 Å². The number of hydrogen-bond acceptors (Lipinski definition) is 8. The highest BCUT2D eigenvalue weighted by molar-refractivity contribution is 5.90. The molecule has 0 radical (unpaired) electrons. The second kappa shape index (κ2) is 7.55. The molecule has 0 unspecified atom stereocenters. The Labute approximate surface area is 185 Å². The zero-order valence-corrected chi connectivity index (χ0v) is 17.0. The van der Waals surface area contributed by atoms with E-state index in [4.69, 9.17) is 4.42 Å². The number of carbonyl (C=O) groups excluding carboxylic acids is 1. The fourth-order valence-corrected chi connectivity index (χ4v) is 3.95. The molecule has 1 N–H and O–H groups in total. The van der Waals surface area contributed by atoms with Gasteiger partial charge in [0.25, 0.3) is 5.89 Å². The van der Waals surface area contributed by atoms with Crippen molar-refractivity contribution in [3.63, 3.8) is 0 Å². The molecule has 1 aromatic carbocycles. The second-order valence-electron chi connectivity index (χ2n) is 7.45. The minimum absolute atomic E-state index is 0.119. The third-order valence-electron chi connectivity index (χ3n) is 5.51. The van der Waals surface area contributed by atoms with Crippen LogP contribution in [0.1, 0.15) is 33.9 Å². The Balaban J connectivity index is 1.40. The normalized spacial score (nSPS) is 15.5. The van der Waals surface area contributed by atoms with Crippen LogP contribution in [0.5, 0.6) is 0 Å². The lowest BCUT2D eigenvalue weighted by Gasteiger charge is -2.32. The molecule has 1 aliphatic heterocycles. The van der Waals surface area contributed by atoms with Crippen molar-refractivity contribution in [3.8, 4) is 11.6 Å². The lowest BCUT2D eigenvalue weighted by Crippen LogP contribution is -2.41. The number of H-pyrrole nitrogens is 1. The number of rotatable bonds is 3. The number of pyridine rings is 1. The fourth-order valence-electron chi connectivity index (χ4n) is 3.95. The average Bonchev–Trinajstić information content (AvgIpc) is 3.53. The van der Waals surface area contributed by atoms with Crippen molar-refractivity contribution in [2.45, 2.75) is 12.5 Å². The van der Waals surface area contributed by atoms with Crippen molar-refractivity contribution in [1.82, 2.24) is 40.0 Å². The van der Waals surface area contributed by atoms with E-state index in [2.05, 4.69) is 35.1 Å². The molecule has 6 rings (SSSR count). The van der Waals surface area contributed by atoms with Gasteiger partial charge in [-0.25, -0.2) is 24.3 Å². The number of halogens is 1. The number of nitrogens with zero attached hydrogens (tertiary/aromatic N) is 7. The van der Waals surface area contributed by atoms with E-state index in [0.717, 1.165) is 16.6 Å². The van der Waals surface area contributed by atoms with Gasteiger partial charge in [-0.1, -0.05) is 18.2 Å². The van der Waals surface area contributed by atoms with Gasteiger partial charge in [0.2, 0.25) is 0 Å². The molecule has 11 heteroatoms. The van der Waals surface area contributed by atoms with Gasteiger partial charge in [-0.15, -0.1) is 10.2 Å². The number of aromatic amines is 1. The predicted octanol–water partition coefficient (Wildman–Crippen LogP) is 2.72. The third kappa shape index (κ3) is 3.21. The number of carbonyl (C=O) groups is 1. The van der Waals surface area contributed by atoms with Crippen LogP contribution < -0.4 is 0 Å². The third-order valence-corrected chi connectivity index (χ3v) is 5.51. The summed E-state index contributed by atoms with van der Waals surface area (Å²) in [5, 5.41) is 8.55. The van der Waals surface area contributed by atoms with Gasteiger partial charge >= 0.3 is 11.8 Å². The minimum Gasteiger partial charge on any atom is -0.411 e. The van der Waals surface area contributed by atoms with Crippen molar-refractivity contribution in [3.05, 3.63) is 84.0 Å². The molecule has 1 atom stereocenters. The van der Waals surface area contributed by atoms with Crippen molar-refractivity contribution in [2.24, 2.45) is 0 Å². The van der Waals surface area contributed by atoms with Gasteiger partial charge in [0.05, 0.1) is 17.5 Å². The van der Waals surface area contributed by atoms with Crippen LogP contribution in [0.15, 0.2) is 59.5 Å². The molecule has 5 heterocycles. The molecule has 162 valence electrons. The number of nitrogens with one attached hydrogen (secondary N) is 1. The lowest BCUT2D eigenvalue weighted by atomic mass is 10.0. The summed E-state index contributed by atoms with van der Waals surface area (Å²) in [5.41, 5.74) is 2.19. The minimum atomic E-state index is -0.654.